The maximum atomic E-state index is 12.9. The molecular weight excluding hydrogens is 366 g/mol. The molecule has 5 heteroatoms. The highest BCUT2D eigenvalue weighted by atomic mass is 16.5. The van der Waals surface area contributed by atoms with Gasteiger partial charge in [0.25, 0.3) is 5.91 Å². The van der Waals surface area contributed by atoms with Crippen molar-refractivity contribution in [3.63, 3.8) is 0 Å². The number of hydrogen-bond donors (Lipinski definition) is 0. The molecule has 0 aromatic heterocycles. The summed E-state index contributed by atoms with van der Waals surface area (Å²) in [6.07, 6.45) is 2.21. The third-order valence-corrected chi connectivity index (χ3v) is 5.79. The average Bonchev–Trinajstić information content (AvgIpc) is 2.72. The van der Waals surface area contributed by atoms with Gasteiger partial charge in [-0.2, -0.15) is 0 Å². The van der Waals surface area contributed by atoms with Gasteiger partial charge in [-0.25, -0.2) is 0 Å². The summed E-state index contributed by atoms with van der Waals surface area (Å²) >= 11 is 0. The number of piperidine rings is 1. The molecule has 0 saturated carbocycles. The molecule has 0 radical (unpaired) electrons. The number of Topliss-reactive ketones (excluding diaryl/α,β-unsaturated/α-hetero) is 1. The van der Waals surface area contributed by atoms with Crippen LogP contribution in [0.3, 0.4) is 0 Å². The highest BCUT2D eigenvalue weighted by Crippen LogP contribution is 2.27. The summed E-state index contributed by atoms with van der Waals surface area (Å²) in [5.41, 5.74) is 3.84. The number of carbonyl (C=O) groups is 2. The number of likely N-dealkylation sites (tertiary alicyclic amines) is 1. The monoisotopic (exact) mass is 393 g/mol. The Kier molecular flexibility index (Phi) is 5.56. The minimum absolute atomic E-state index is 0.0274. The zero-order chi connectivity index (χ0) is 20.4. The second-order valence-electron chi connectivity index (χ2n) is 8.14. The molecule has 0 aliphatic carbocycles. The van der Waals surface area contributed by atoms with Crippen molar-refractivity contribution in [2.75, 3.05) is 26.3 Å². The Morgan fingerprint density at radius 1 is 1.14 bits per heavy atom. The van der Waals surface area contributed by atoms with E-state index >= 15 is 0 Å². The molecule has 2 aromatic rings. The molecule has 29 heavy (non-hydrogen) atoms. The van der Waals surface area contributed by atoms with E-state index in [0.717, 1.165) is 42.8 Å². The van der Waals surface area contributed by atoms with E-state index < -0.39 is 0 Å². The van der Waals surface area contributed by atoms with Gasteiger partial charge >= 0.3 is 0 Å². The minimum Gasteiger partial charge on any atom is -0.493 e. The van der Waals surface area contributed by atoms with Crippen LogP contribution in [0, 0.1) is 19.8 Å². The number of amides is 1. The maximum Gasteiger partial charge on any atom is 0.253 e. The van der Waals surface area contributed by atoms with Crippen LogP contribution in [0.2, 0.25) is 0 Å². The number of fused-ring (bicyclic) bond motifs is 1. The van der Waals surface area contributed by atoms with E-state index in [4.69, 9.17) is 9.47 Å². The van der Waals surface area contributed by atoms with Gasteiger partial charge in [0.15, 0.2) is 5.78 Å². The summed E-state index contributed by atoms with van der Waals surface area (Å²) < 4.78 is 11.5. The summed E-state index contributed by atoms with van der Waals surface area (Å²) in [7, 11) is 0. The molecule has 2 aliphatic rings. The topological polar surface area (TPSA) is 55.8 Å². The van der Waals surface area contributed by atoms with E-state index in [-0.39, 0.29) is 18.3 Å². The lowest BCUT2D eigenvalue weighted by Crippen LogP contribution is -2.39. The van der Waals surface area contributed by atoms with Gasteiger partial charge in [-0.05, 0) is 62.4 Å². The number of rotatable bonds is 4. The van der Waals surface area contributed by atoms with Gasteiger partial charge in [0.2, 0.25) is 0 Å². The molecular formula is C24H27NO4. The van der Waals surface area contributed by atoms with Gasteiger partial charge in [0.1, 0.15) is 18.1 Å². The fraction of sp³-hybridized carbons (Fsp3) is 0.417. The number of nitrogens with zero attached hydrogens (tertiary/aromatic N) is 1. The SMILES string of the molecule is Cc1ccc(OCC2CCN(C(=O)c3ccc4c(c3)CC(=O)CO4)CC2)c(C)c1. The zero-order valence-electron chi connectivity index (χ0n) is 17.1. The molecule has 4 rings (SSSR count). The third-order valence-electron chi connectivity index (χ3n) is 5.79. The summed E-state index contributed by atoms with van der Waals surface area (Å²) in [6, 6.07) is 11.7. The number of carbonyl (C=O) groups excluding carboxylic acids is 2. The first-order chi connectivity index (χ1) is 14.0. The fourth-order valence-corrected chi connectivity index (χ4v) is 4.07. The Morgan fingerprint density at radius 3 is 2.69 bits per heavy atom. The number of benzene rings is 2. The summed E-state index contributed by atoms with van der Waals surface area (Å²) in [4.78, 5) is 26.4. The Labute approximate surface area is 171 Å². The quantitative estimate of drug-likeness (QED) is 0.794. The lowest BCUT2D eigenvalue weighted by atomic mass is 9.96. The predicted octanol–water partition coefficient (Wildman–Crippen LogP) is 3.74. The molecule has 2 heterocycles. The number of ketones is 1. The first kappa shape index (κ1) is 19.5. The lowest BCUT2D eigenvalue weighted by molar-refractivity contribution is -0.121. The standard InChI is InChI=1S/C24H27NO4/c1-16-3-5-22(17(2)11-16)28-14-18-7-9-25(10-8-18)24(27)19-4-6-23-20(12-19)13-21(26)15-29-23/h3-6,11-12,18H,7-10,13-15H2,1-2H3. The Hall–Kier alpha value is -2.82. The normalized spacial score (nSPS) is 16.9. The first-order valence-electron chi connectivity index (χ1n) is 10.3. The van der Waals surface area contributed by atoms with E-state index in [9.17, 15) is 9.59 Å². The molecule has 0 spiro atoms. The van der Waals surface area contributed by atoms with Crippen molar-refractivity contribution in [3.8, 4) is 11.5 Å². The van der Waals surface area contributed by atoms with Crippen molar-refractivity contribution in [2.24, 2.45) is 5.92 Å². The molecule has 1 saturated heterocycles. The van der Waals surface area contributed by atoms with Crippen LogP contribution in [0.4, 0.5) is 0 Å². The van der Waals surface area contributed by atoms with Gasteiger partial charge in [-0.15, -0.1) is 0 Å². The largest absolute Gasteiger partial charge is 0.493 e. The van der Waals surface area contributed by atoms with Gasteiger partial charge in [-0.3, -0.25) is 9.59 Å². The van der Waals surface area contributed by atoms with Crippen LogP contribution < -0.4 is 9.47 Å². The number of ether oxygens (including phenoxy) is 2. The highest BCUT2D eigenvalue weighted by molar-refractivity contribution is 5.95. The van der Waals surface area contributed by atoms with E-state index in [1.807, 2.05) is 17.0 Å². The molecule has 1 fully saturated rings. The molecule has 1 amide bonds. The minimum atomic E-state index is 0.0274. The Morgan fingerprint density at radius 2 is 1.93 bits per heavy atom. The van der Waals surface area contributed by atoms with Crippen molar-refractivity contribution in [3.05, 3.63) is 58.7 Å². The van der Waals surface area contributed by atoms with Crippen molar-refractivity contribution in [2.45, 2.75) is 33.1 Å². The average molecular weight is 393 g/mol. The molecule has 152 valence electrons. The van der Waals surface area contributed by atoms with Crippen LogP contribution in [0.1, 0.15) is 39.9 Å². The van der Waals surface area contributed by atoms with Gasteiger partial charge < -0.3 is 14.4 Å². The van der Waals surface area contributed by atoms with Crippen LogP contribution in [-0.4, -0.2) is 42.9 Å². The van der Waals surface area contributed by atoms with Crippen LogP contribution in [0.5, 0.6) is 11.5 Å². The highest BCUT2D eigenvalue weighted by Gasteiger charge is 2.25. The van der Waals surface area contributed by atoms with E-state index in [1.54, 1.807) is 12.1 Å². The Balaban J connectivity index is 1.32. The number of hydrogen-bond acceptors (Lipinski definition) is 4. The Bertz CT molecular complexity index is 928. The second-order valence-corrected chi connectivity index (χ2v) is 8.14. The number of aryl methyl sites for hydroxylation is 2. The lowest BCUT2D eigenvalue weighted by Gasteiger charge is -2.32. The molecule has 5 nitrogen and oxygen atoms in total. The fourth-order valence-electron chi connectivity index (χ4n) is 4.07. The van der Waals surface area contributed by atoms with Crippen molar-refractivity contribution in [1.82, 2.24) is 4.90 Å². The maximum absolute atomic E-state index is 12.9. The molecule has 0 unspecified atom stereocenters. The summed E-state index contributed by atoms with van der Waals surface area (Å²) in [6.45, 7) is 6.42. The van der Waals surface area contributed by atoms with E-state index in [2.05, 4.69) is 26.0 Å². The predicted molar refractivity (Wildman–Crippen MR) is 111 cm³/mol. The van der Waals surface area contributed by atoms with E-state index in [0.29, 0.717) is 30.3 Å². The van der Waals surface area contributed by atoms with Gasteiger partial charge in [0.05, 0.1) is 6.61 Å². The smallest absolute Gasteiger partial charge is 0.253 e. The van der Waals surface area contributed by atoms with Crippen LogP contribution >= 0.6 is 0 Å². The van der Waals surface area contributed by atoms with Crippen LogP contribution in [0.25, 0.3) is 0 Å². The van der Waals surface area contributed by atoms with Crippen molar-refractivity contribution >= 4 is 11.7 Å². The van der Waals surface area contributed by atoms with Crippen LogP contribution in [0.15, 0.2) is 36.4 Å². The molecule has 0 N–H and O–H groups in total. The van der Waals surface area contributed by atoms with Crippen molar-refractivity contribution in [1.29, 1.82) is 0 Å². The van der Waals surface area contributed by atoms with Gasteiger partial charge in [-0.1, -0.05) is 17.7 Å². The van der Waals surface area contributed by atoms with E-state index in [1.165, 1.54) is 5.56 Å². The third kappa shape index (κ3) is 4.44. The molecule has 0 bridgehead atoms. The molecule has 2 aromatic carbocycles. The van der Waals surface area contributed by atoms with Crippen LogP contribution in [-0.2, 0) is 11.2 Å². The summed E-state index contributed by atoms with van der Waals surface area (Å²) in [5.74, 6) is 2.18. The molecule has 0 atom stereocenters. The molecule has 2 aliphatic heterocycles. The summed E-state index contributed by atoms with van der Waals surface area (Å²) in [5, 5.41) is 0. The zero-order valence-corrected chi connectivity index (χ0v) is 17.1. The first-order valence-corrected chi connectivity index (χ1v) is 10.3. The van der Waals surface area contributed by atoms with Crippen molar-refractivity contribution < 1.29 is 19.1 Å². The second kappa shape index (κ2) is 8.27. The van der Waals surface area contributed by atoms with Gasteiger partial charge in [0, 0.05) is 30.6 Å².